The summed E-state index contributed by atoms with van der Waals surface area (Å²) in [7, 11) is 0. The van der Waals surface area contributed by atoms with E-state index < -0.39 is 0 Å². The predicted molar refractivity (Wildman–Crippen MR) is 266 cm³/mol. The van der Waals surface area contributed by atoms with Crippen LogP contribution in [-0.2, 0) is 0 Å². The summed E-state index contributed by atoms with van der Waals surface area (Å²) in [5, 5.41) is 5.27. The molecule has 0 aliphatic carbocycles. The van der Waals surface area contributed by atoms with Gasteiger partial charge in [-0.15, -0.1) is 0 Å². The van der Waals surface area contributed by atoms with Gasteiger partial charge in [-0.05, 0) is 139 Å². The molecule has 2 aliphatic heterocycles. The lowest BCUT2D eigenvalue weighted by Crippen LogP contribution is -2.11. The summed E-state index contributed by atoms with van der Waals surface area (Å²) in [4.78, 5) is 4.53. The molecule has 0 fully saturated rings. The number of ether oxygens (including phenoxy) is 2. The Labute approximate surface area is 374 Å². The van der Waals surface area contributed by atoms with E-state index in [0.29, 0.717) is 0 Å². The number of allylic oxidation sites excluding steroid dienone is 1. The minimum atomic E-state index is 0.754. The first kappa shape index (κ1) is 36.9. The van der Waals surface area contributed by atoms with Crippen molar-refractivity contribution in [1.29, 1.82) is 0 Å². The standard InChI is InChI=1S/C59H38N2O4/c1-3-13-42-48-32-38(22-28-52(48)62-50(42)4-2)60(36-14-7-5-8-15-36)40-20-24-44-46-26-31-55-59-47(27-30-54(58(46)59)64-56(44)34-40)45-25-21-41(35-57(45)65-55)61(37-16-9-6-10-17-37)39-23-29-53-49(33-39)43-18-11-12-19-51(43)63-53/h3-35H,2H2,1H3/b13-3-. The molecule has 0 spiro atoms. The van der Waals surface area contributed by atoms with Crippen molar-refractivity contribution in [2.75, 3.05) is 9.80 Å². The normalized spacial score (nSPS) is 12.3. The van der Waals surface area contributed by atoms with E-state index in [9.17, 15) is 0 Å². The Balaban J connectivity index is 0.897. The molecule has 65 heavy (non-hydrogen) atoms. The van der Waals surface area contributed by atoms with Crippen LogP contribution in [-0.4, -0.2) is 0 Å². The molecule has 2 aromatic heterocycles. The Morgan fingerprint density at radius 3 is 1.45 bits per heavy atom. The van der Waals surface area contributed by atoms with Crippen molar-refractivity contribution in [2.24, 2.45) is 0 Å². The number of furan rings is 2. The van der Waals surface area contributed by atoms with Crippen LogP contribution >= 0.6 is 0 Å². The van der Waals surface area contributed by atoms with E-state index in [1.807, 2.05) is 43.3 Å². The van der Waals surface area contributed by atoms with E-state index in [1.54, 1.807) is 6.08 Å². The number of para-hydroxylation sites is 3. The lowest BCUT2D eigenvalue weighted by molar-refractivity contribution is 0.480. The highest BCUT2D eigenvalue weighted by Crippen LogP contribution is 2.56. The molecule has 0 N–H and O–H groups in total. The Hall–Kier alpha value is -8.74. The van der Waals surface area contributed by atoms with Crippen molar-refractivity contribution in [3.63, 3.8) is 0 Å². The summed E-state index contributed by atoms with van der Waals surface area (Å²) < 4.78 is 26.1. The van der Waals surface area contributed by atoms with Crippen LogP contribution in [0, 0.1) is 0 Å². The molecule has 6 heteroatoms. The van der Waals surface area contributed by atoms with Crippen LogP contribution in [0.4, 0.5) is 34.1 Å². The zero-order valence-electron chi connectivity index (χ0n) is 35.3. The molecule has 0 saturated carbocycles. The first-order valence-corrected chi connectivity index (χ1v) is 21.8. The highest BCUT2D eigenvalue weighted by molar-refractivity contribution is 6.14. The third-order valence-corrected chi connectivity index (χ3v) is 12.7. The van der Waals surface area contributed by atoms with Crippen LogP contribution in [0.15, 0.2) is 203 Å². The Morgan fingerprint density at radius 1 is 0.400 bits per heavy atom. The predicted octanol–water partition coefficient (Wildman–Crippen LogP) is 17.6. The van der Waals surface area contributed by atoms with Gasteiger partial charge in [-0.2, -0.15) is 0 Å². The summed E-state index contributed by atoms with van der Waals surface area (Å²) in [5.74, 6) is 3.93. The molecule has 2 aliphatic rings. The lowest BCUT2D eigenvalue weighted by Gasteiger charge is -2.30. The molecule has 11 aromatic rings. The van der Waals surface area contributed by atoms with Crippen molar-refractivity contribution >= 4 is 90.0 Å². The largest absolute Gasteiger partial charge is 0.456 e. The molecular formula is C59H38N2O4. The van der Waals surface area contributed by atoms with Crippen molar-refractivity contribution in [3.05, 3.63) is 206 Å². The number of rotatable bonds is 8. The highest BCUT2D eigenvalue weighted by Gasteiger charge is 2.30. The van der Waals surface area contributed by atoms with Gasteiger partial charge in [0.05, 0.1) is 0 Å². The molecule has 6 nitrogen and oxygen atoms in total. The van der Waals surface area contributed by atoms with Gasteiger partial charge in [-0.1, -0.05) is 73.3 Å². The summed E-state index contributed by atoms with van der Waals surface area (Å²) >= 11 is 0. The monoisotopic (exact) mass is 838 g/mol. The number of hydrogen-bond acceptors (Lipinski definition) is 6. The quantitative estimate of drug-likeness (QED) is 0.152. The average Bonchev–Trinajstić information content (AvgIpc) is 3.91. The zero-order chi connectivity index (χ0) is 43.2. The van der Waals surface area contributed by atoms with Gasteiger partial charge < -0.3 is 28.1 Å². The minimum absolute atomic E-state index is 0.754. The van der Waals surface area contributed by atoms with Crippen LogP contribution in [0.1, 0.15) is 18.2 Å². The Morgan fingerprint density at radius 2 is 0.877 bits per heavy atom. The van der Waals surface area contributed by atoms with Crippen molar-refractivity contribution in [3.8, 4) is 45.3 Å². The fourth-order valence-electron chi connectivity index (χ4n) is 9.86. The van der Waals surface area contributed by atoms with Crippen LogP contribution in [0.3, 0.4) is 0 Å². The number of hydrogen-bond donors (Lipinski definition) is 0. The average molecular weight is 839 g/mol. The second kappa shape index (κ2) is 14.4. The van der Waals surface area contributed by atoms with E-state index in [0.717, 1.165) is 134 Å². The molecule has 0 bridgehead atoms. The zero-order valence-corrected chi connectivity index (χ0v) is 35.3. The molecule has 0 saturated heterocycles. The number of benzene rings is 9. The summed E-state index contributed by atoms with van der Waals surface area (Å²) in [6.45, 7) is 6.01. The molecule has 0 amide bonds. The van der Waals surface area contributed by atoms with Crippen LogP contribution in [0.2, 0.25) is 0 Å². The maximum absolute atomic E-state index is 6.89. The maximum atomic E-state index is 6.89. The first-order chi connectivity index (χ1) is 32.1. The third kappa shape index (κ3) is 5.74. The second-order valence-corrected chi connectivity index (χ2v) is 16.4. The fourth-order valence-corrected chi connectivity index (χ4v) is 9.86. The van der Waals surface area contributed by atoms with Crippen LogP contribution < -0.4 is 19.3 Å². The van der Waals surface area contributed by atoms with E-state index in [1.165, 1.54) is 0 Å². The Bertz CT molecular complexity index is 3770. The lowest BCUT2D eigenvalue weighted by atomic mass is 9.88. The molecule has 4 heterocycles. The third-order valence-electron chi connectivity index (χ3n) is 12.7. The second-order valence-electron chi connectivity index (χ2n) is 16.4. The van der Waals surface area contributed by atoms with Crippen molar-refractivity contribution in [2.45, 2.75) is 6.92 Å². The smallest absolute Gasteiger partial charge is 0.137 e. The number of anilines is 6. The minimum Gasteiger partial charge on any atom is -0.456 e. The van der Waals surface area contributed by atoms with Crippen molar-refractivity contribution in [1.82, 2.24) is 0 Å². The van der Waals surface area contributed by atoms with Gasteiger partial charge in [-0.3, -0.25) is 0 Å². The van der Waals surface area contributed by atoms with Gasteiger partial charge in [0, 0.05) is 89.9 Å². The molecular weight excluding hydrogens is 801 g/mol. The SMILES string of the molecule is C=Cc1oc2ccc(N(c3ccccc3)c3ccc4c(c3)Oc3ccc5c6c(ccc-4c36)Oc3cc(N(c4ccccc4)c4ccc6oc7ccccc7c6c4)ccc3-5)cc2c1/C=C\C. The highest BCUT2D eigenvalue weighted by atomic mass is 16.5. The Kier molecular flexibility index (Phi) is 8.17. The van der Waals surface area contributed by atoms with Crippen molar-refractivity contribution < 1.29 is 18.3 Å². The van der Waals surface area contributed by atoms with Crippen LogP contribution in [0.25, 0.3) is 78.1 Å². The molecule has 9 aromatic carbocycles. The topological polar surface area (TPSA) is 51.2 Å². The molecule has 13 rings (SSSR count). The maximum Gasteiger partial charge on any atom is 0.137 e. The van der Waals surface area contributed by atoms with Gasteiger partial charge in [-0.25, -0.2) is 0 Å². The van der Waals surface area contributed by atoms with Gasteiger partial charge in [0.1, 0.15) is 45.5 Å². The van der Waals surface area contributed by atoms with Gasteiger partial charge in [0.2, 0.25) is 0 Å². The molecule has 0 atom stereocenters. The van der Waals surface area contributed by atoms with E-state index in [2.05, 4.69) is 174 Å². The molecule has 0 unspecified atom stereocenters. The summed E-state index contributed by atoms with van der Waals surface area (Å²) in [5.41, 5.74) is 13.9. The van der Waals surface area contributed by atoms with Gasteiger partial charge >= 0.3 is 0 Å². The number of fused-ring (bicyclic) bond motifs is 8. The fraction of sp³-hybridized carbons (Fsp3) is 0.0169. The molecule has 308 valence electrons. The van der Waals surface area contributed by atoms with E-state index in [4.69, 9.17) is 18.3 Å². The first-order valence-electron chi connectivity index (χ1n) is 21.8. The number of nitrogens with zero attached hydrogens (tertiary/aromatic N) is 2. The summed E-state index contributed by atoms with van der Waals surface area (Å²) in [6, 6.07) is 63.4. The van der Waals surface area contributed by atoms with Gasteiger partial charge in [0.25, 0.3) is 0 Å². The molecule has 0 radical (unpaired) electrons. The van der Waals surface area contributed by atoms with Gasteiger partial charge in [0.15, 0.2) is 0 Å². The van der Waals surface area contributed by atoms with E-state index in [-0.39, 0.29) is 0 Å². The van der Waals surface area contributed by atoms with Crippen LogP contribution in [0.5, 0.6) is 23.0 Å². The summed E-state index contributed by atoms with van der Waals surface area (Å²) in [6.07, 6.45) is 5.87. The van der Waals surface area contributed by atoms with E-state index >= 15 is 0 Å².